The highest BCUT2D eigenvalue weighted by Gasteiger charge is 2.18. The number of aliphatic imine (C=N–C) groups is 1. The predicted octanol–water partition coefficient (Wildman–Crippen LogP) is 3.94. The van der Waals surface area contributed by atoms with Crippen molar-refractivity contribution in [3.05, 3.63) is 47.2 Å². The third-order valence-corrected chi connectivity index (χ3v) is 5.09. The second-order valence-corrected chi connectivity index (χ2v) is 6.91. The van der Waals surface area contributed by atoms with Gasteiger partial charge < -0.3 is 8.98 Å². The average molecular weight is 344 g/mol. The number of hydrazone groups is 1. The second-order valence-electron chi connectivity index (χ2n) is 5.95. The zero-order valence-corrected chi connectivity index (χ0v) is 15.3. The average Bonchev–Trinajstić information content (AvgIpc) is 3.20. The fourth-order valence-corrected chi connectivity index (χ4v) is 3.56. The van der Waals surface area contributed by atoms with Gasteiger partial charge in [0.25, 0.3) is 0 Å². The van der Waals surface area contributed by atoms with Crippen LogP contribution in [0.4, 0.5) is 0 Å². The summed E-state index contributed by atoms with van der Waals surface area (Å²) in [5, 5.41) is 5.48. The first-order chi connectivity index (χ1) is 11.7. The minimum Gasteiger partial charge on any atom is -0.467 e. The Balaban J connectivity index is 1.75. The molecule has 0 saturated heterocycles. The molecule has 0 amide bonds. The standard InChI is InChI=1S/C18H24N4OS/c1-4-5-8-19-18-21-20-17(12-24-18)16-10-13(2)22(14(16)3)11-15-7-6-9-23-15/h6-7,9-10H,4-5,8,11-12H2,1-3H3,(H,19,21). The van der Waals surface area contributed by atoms with E-state index in [0.717, 1.165) is 48.3 Å². The largest absolute Gasteiger partial charge is 0.467 e. The summed E-state index contributed by atoms with van der Waals surface area (Å²) < 4.78 is 7.75. The van der Waals surface area contributed by atoms with E-state index in [0.29, 0.717) is 0 Å². The second kappa shape index (κ2) is 7.75. The van der Waals surface area contributed by atoms with E-state index in [1.54, 1.807) is 18.0 Å². The van der Waals surface area contributed by atoms with Crippen molar-refractivity contribution >= 4 is 22.6 Å². The number of hydrogen-bond acceptors (Lipinski definition) is 4. The molecule has 2 aromatic rings. The number of aromatic nitrogens is 1. The number of furan rings is 1. The molecular weight excluding hydrogens is 320 g/mol. The van der Waals surface area contributed by atoms with Crippen molar-refractivity contribution in [2.45, 2.75) is 40.2 Å². The van der Waals surface area contributed by atoms with Crippen LogP contribution in [0.25, 0.3) is 0 Å². The Morgan fingerprint density at radius 2 is 2.29 bits per heavy atom. The fourth-order valence-electron chi connectivity index (χ4n) is 2.77. The van der Waals surface area contributed by atoms with Gasteiger partial charge in [0.2, 0.25) is 0 Å². The molecule has 0 fully saturated rings. The molecule has 0 aromatic carbocycles. The molecule has 1 N–H and O–H groups in total. The Bertz CT molecular complexity index is 743. The van der Waals surface area contributed by atoms with Crippen molar-refractivity contribution in [1.29, 1.82) is 0 Å². The van der Waals surface area contributed by atoms with Crippen LogP contribution in [0.5, 0.6) is 0 Å². The first-order valence-electron chi connectivity index (χ1n) is 8.38. The van der Waals surface area contributed by atoms with E-state index in [4.69, 9.17) is 4.42 Å². The van der Waals surface area contributed by atoms with Crippen molar-refractivity contribution in [2.75, 3.05) is 12.3 Å². The molecule has 0 radical (unpaired) electrons. The van der Waals surface area contributed by atoms with Crippen molar-refractivity contribution in [2.24, 2.45) is 10.1 Å². The van der Waals surface area contributed by atoms with E-state index in [2.05, 4.69) is 46.9 Å². The van der Waals surface area contributed by atoms with Gasteiger partial charge in [0, 0.05) is 29.2 Å². The maximum Gasteiger partial charge on any atom is 0.177 e. The topological polar surface area (TPSA) is 54.8 Å². The van der Waals surface area contributed by atoms with Crippen LogP contribution in [0.2, 0.25) is 0 Å². The van der Waals surface area contributed by atoms with Crippen molar-refractivity contribution < 1.29 is 4.42 Å². The molecule has 1 aliphatic rings. The summed E-state index contributed by atoms with van der Waals surface area (Å²) >= 11 is 1.73. The number of nitrogens with zero attached hydrogens (tertiary/aromatic N) is 3. The van der Waals surface area contributed by atoms with E-state index >= 15 is 0 Å². The Labute approximate surface area is 147 Å². The van der Waals surface area contributed by atoms with Gasteiger partial charge in [0.1, 0.15) is 5.76 Å². The highest BCUT2D eigenvalue weighted by Crippen LogP contribution is 2.21. The van der Waals surface area contributed by atoms with Gasteiger partial charge in [-0.2, -0.15) is 5.10 Å². The molecule has 2 aromatic heterocycles. The number of amidine groups is 1. The molecular formula is C18H24N4OS. The zero-order chi connectivity index (χ0) is 16.9. The molecule has 24 heavy (non-hydrogen) atoms. The van der Waals surface area contributed by atoms with E-state index < -0.39 is 0 Å². The van der Waals surface area contributed by atoms with E-state index in [1.807, 2.05) is 12.1 Å². The van der Waals surface area contributed by atoms with Crippen LogP contribution in [-0.2, 0) is 6.54 Å². The van der Waals surface area contributed by atoms with Gasteiger partial charge in [-0.15, -0.1) is 0 Å². The summed E-state index contributed by atoms with van der Waals surface area (Å²) in [5.41, 5.74) is 7.81. The Morgan fingerprint density at radius 3 is 2.96 bits per heavy atom. The number of nitrogens with one attached hydrogen (secondary N) is 1. The van der Waals surface area contributed by atoms with Crippen LogP contribution in [0, 0.1) is 13.8 Å². The summed E-state index contributed by atoms with van der Waals surface area (Å²) in [4.78, 5) is 4.54. The summed E-state index contributed by atoms with van der Waals surface area (Å²) in [7, 11) is 0. The van der Waals surface area contributed by atoms with E-state index in [1.165, 1.54) is 17.0 Å². The van der Waals surface area contributed by atoms with Crippen LogP contribution >= 0.6 is 11.8 Å². The maximum absolute atomic E-state index is 5.48. The summed E-state index contributed by atoms with van der Waals surface area (Å²) in [6.45, 7) is 8.07. The van der Waals surface area contributed by atoms with Gasteiger partial charge in [-0.05, 0) is 38.5 Å². The zero-order valence-electron chi connectivity index (χ0n) is 14.5. The van der Waals surface area contributed by atoms with Gasteiger partial charge in [0.05, 0.1) is 18.5 Å². The van der Waals surface area contributed by atoms with Crippen LogP contribution in [0.1, 0.15) is 42.5 Å². The van der Waals surface area contributed by atoms with Crippen molar-refractivity contribution in [1.82, 2.24) is 9.99 Å². The van der Waals surface area contributed by atoms with Crippen LogP contribution in [0.15, 0.2) is 39.0 Å². The van der Waals surface area contributed by atoms with Gasteiger partial charge >= 0.3 is 0 Å². The highest BCUT2D eigenvalue weighted by molar-refractivity contribution is 8.14. The van der Waals surface area contributed by atoms with Gasteiger partial charge in [-0.25, -0.2) is 0 Å². The number of hydrogen-bond donors (Lipinski definition) is 1. The van der Waals surface area contributed by atoms with Crippen LogP contribution in [0.3, 0.4) is 0 Å². The molecule has 3 rings (SSSR count). The predicted molar refractivity (Wildman–Crippen MR) is 101 cm³/mol. The molecule has 0 bridgehead atoms. The lowest BCUT2D eigenvalue weighted by Crippen LogP contribution is -2.26. The lowest BCUT2D eigenvalue weighted by molar-refractivity contribution is 0.489. The third kappa shape index (κ3) is 3.75. The van der Waals surface area contributed by atoms with E-state index in [-0.39, 0.29) is 0 Å². The van der Waals surface area contributed by atoms with Gasteiger partial charge in [-0.1, -0.05) is 25.1 Å². The number of thioether (sulfide) groups is 1. The third-order valence-electron chi connectivity index (χ3n) is 4.18. The molecule has 6 heteroatoms. The number of unbranched alkanes of at least 4 members (excludes halogenated alkanes) is 1. The minimum atomic E-state index is 0.752. The minimum absolute atomic E-state index is 0.752. The maximum atomic E-state index is 5.48. The molecule has 5 nitrogen and oxygen atoms in total. The lowest BCUT2D eigenvalue weighted by atomic mass is 10.1. The Hall–Kier alpha value is -1.95. The first kappa shape index (κ1) is 16.9. The normalized spacial score (nSPS) is 16.3. The van der Waals surface area contributed by atoms with Crippen LogP contribution < -0.4 is 5.43 Å². The Morgan fingerprint density at radius 1 is 1.42 bits per heavy atom. The molecule has 0 aliphatic carbocycles. The fraction of sp³-hybridized carbons (Fsp3) is 0.444. The molecule has 3 heterocycles. The van der Waals surface area contributed by atoms with Crippen molar-refractivity contribution in [3.63, 3.8) is 0 Å². The van der Waals surface area contributed by atoms with Gasteiger partial charge in [0.15, 0.2) is 5.17 Å². The molecule has 0 atom stereocenters. The van der Waals surface area contributed by atoms with Crippen LogP contribution in [-0.4, -0.2) is 27.7 Å². The SMILES string of the molecule is CCCCN=C1NN=C(c2cc(C)n(Cc3ccco3)c2C)CS1. The monoisotopic (exact) mass is 344 g/mol. The number of rotatable bonds is 6. The molecule has 128 valence electrons. The number of aryl methyl sites for hydroxylation is 1. The summed E-state index contributed by atoms with van der Waals surface area (Å²) in [6.07, 6.45) is 4.00. The smallest absolute Gasteiger partial charge is 0.177 e. The van der Waals surface area contributed by atoms with Crippen molar-refractivity contribution in [3.8, 4) is 0 Å². The summed E-state index contributed by atoms with van der Waals surface area (Å²) in [6, 6.07) is 6.14. The summed E-state index contributed by atoms with van der Waals surface area (Å²) in [5.74, 6) is 1.81. The molecule has 0 unspecified atom stereocenters. The Kier molecular flexibility index (Phi) is 5.45. The highest BCUT2D eigenvalue weighted by atomic mass is 32.2. The molecule has 1 aliphatic heterocycles. The molecule has 0 saturated carbocycles. The van der Waals surface area contributed by atoms with E-state index in [9.17, 15) is 0 Å². The quantitative estimate of drug-likeness (QED) is 0.808. The lowest BCUT2D eigenvalue weighted by Gasteiger charge is -2.15. The van der Waals surface area contributed by atoms with Gasteiger partial charge in [-0.3, -0.25) is 10.4 Å². The first-order valence-corrected chi connectivity index (χ1v) is 9.37. The molecule has 0 spiro atoms.